The Morgan fingerprint density at radius 1 is 1.16 bits per heavy atom. The molecule has 3 N–H and O–H groups in total. The summed E-state index contributed by atoms with van der Waals surface area (Å²) in [5.74, 6) is -0.0836. The second-order valence-corrected chi connectivity index (χ2v) is 5.12. The summed E-state index contributed by atoms with van der Waals surface area (Å²) in [6, 6.07) is 13.5. The number of rotatable bonds is 6. The molecule has 1 aromatic heterocycles. The molecule has 3 aromatic rings. The van der Waals surface area contributed by atoms with Gasteiger partial charge in [-0.15, -0.1) is 10.2 Å². The van der Waals surface area contributed by atoms with Gasteiger partial charge in [-0.25, -0.2) is 4.39 Å². The molecule has 8 heteroatoms. The lowest BCUT2D eigenvalue weighted by atomic mass is 10.2. The molecule has 0 atom stereocenters. The molecule has 25 heavy (non-hydrogen) atoms. The van der Waals surface area contributed by atoms with Crippen LogP contribution < -0.4 is 15.4 Å². The second-order valence-electron chi connectivity index (χ2n) is 5.12. The molecule has 0 spiro atoms. The number of aromatic nitrogens is 3. The van der Waals surface area contributed by atoms with Gasteiger partial charge in [-0.2, -0.15) is 5.21 Å². The fraction of sp³-hybridized carbons (Fsp3) is 0.118. The standard InChI is InChI=1S/C17H16FN5O2/c1-25-14-9-5-2-6-11(14)10-19-17(24)15-16(22-23-21-15)20-13-8-4-3-7-12(13)18/h2-9H,10H2,1H3,(H,19,24)(H2,20,21,22,23). The number of anilines is 2. The molecule has 0 saturated heterocycles. The Balaban J connectivity index is 1.71. The summed E-state index contributed by atoms with van der Waals surface area (Å²) in [5.41, 5.74) is 1.07. The van der Waals surface area contributed by atoms with Crippen LogP contribution in [0.15, 0.2) is 48.5 Å². The summed E-state index contributed by atoms with van der Waals surface area (Å²) < 4.78 is 19.0. The highest BCUT2D eigenvalue weighted by molar-refractivity contribution is 5.97. The summed E-state index contributed by atoms with van der Waals surface area (Å²) in [6.45, 7) is 0.259. The number of carbonyl (C=O) groups excluding carboxylic acids is 1. The number of H-pyrrole nitrogens is 1. The van der Waals surface area contributed by atoms with Gasteiger partial charge >= 0.3 is 0 Å². The average molecular weight is 341 g/mol. The maximum Gasteiger partial charge on any atom is 0.275 e. The van der Waals surface area contributed by atoms with Crippen LogP contribution in [0, 0.1) is 5.82 Å². The van der Waals surface area contributed by atoms with E-state index in [2.05, 4.69) is 26.0 Å². The number of benzene rings is 2. The van der Waals surface area contributed by atoms with Crippen molar-refractivity contribution in [2.75, 3.05) is 12.4 Å². The van der Waals surface area contributed by atoms with Crippen LogP contribution in [0.4, 0.5) is 15.9 Å². The molecule has 1 amide bonds. The normalized spacial score (nSPS) is 10.3. The van der Waals surface area contributed by atoms with Gasteiger partial charge in [-0.05, 0) is 18.2 Å². The highest BCUT2D eigenvalue weighted by Gasteiger charge is 2.17. The molecular weight excluding hydrogens is 325 g/mol. The zero-order valence-corrected chi connectivity index (χ0v) is 13.4. The maximum atomic E-state index is 13.7. The summed E-state index contributed by atoms with van der Waals surface area (Å²) in [6.07, 6.45) is 0. The lowest BCUT2D eigenvalue weighted by Gasteiger charge is -2.09. The van der Waals surface area contributed by atoms with Crippen molar-refractivity contribution in [2.24, 2.45) is 0 Å². The van der Waals surface area contributed by atoms with Crippen molar-refractivity contribution in [3.63, 3.8) is 0 Å². The third-order valence-corrected chi connectivity index (χ3v) is 3.52. The lowest BCUT2D eigenvalue weighted by molar-refractivity contribution is 0.0946. The number of halogens is 1. The van der Waals surface area contributed by atoms with Crippen molar-refractivity contribution in [1.82, 2.24) is 20.7 Å². The Kier molecular flexibility index (Phi) is 4.89. The van der Waals surface area contributed by atoms with E-state index in [1.54, 1.807) is 25.3 Å². The number of methoxy groups -OCH3 is 1. The van der Waals surface area contributed by atoms with Crippen LogP contribution in [0.5, 0.6) is 5.75 Å². The number of carbonyl (C=O) groups is 1. The molecule has 0 bridgehead atoms. The smallest absolute Gasteiger partial charge is 0.275 e. The van der Waals surface area contributed by atoms with Crippen LogP contribution in [0.25, 0.3) is 0 Å². The van der Waals surface area contributed by atoms with Gasteiger partial charge in [0.25, 0.3) is 5.91 Å². The number of hydrogen-bond acceptors (Lipinski definition) is 5. The molecular formula is C17H16FN5O2. The minimum absolute atomic E-state index is 0.0400. The van der Waals surface area contributed by atoms with Crippen LogP contribution in [0.3, 0.4) is 0 Å². The van der Waals surface area contributed by atoms with Gasteiger partial charge in [0.05, 0.1) is 12.8 Å². The average Bonchev–Trinajstić information content (AvgIpc) is 3.10. The first kappa shape index (κ1) is 16.4. The number of nitrogens with one attached hydrogen (secondary N) is 3. The fourth-order valence-corrected chi connectivity index (χ4v) is 2.27. The third kappa shape index (κ3) is 3.74. The minimum Gasteiger partial charge on any atom is -0.496 e. The Labute approximate surface area is 143 Å². The summed E-state index contributed by atoms with van der Waals surface area (Å²) >= 11 is 0. The van der Waals surface area contributed by atoms with Crippen molar-refractivity contribution in [3.05, 3.63) is 65.6 Å². The minimum atomic E-state index is -0.453. The van der Waals surface area contributed by atoms with E-state index < -0.39 is 11.7 Å². The predicted octanol–water partition coefficient (Wildman–Crippen LogP) is 2.63. The molecule has 2 aromatic carbocycles. The summed E-state index contributed by atoms with van der Waals surface area (Å²) in [7, 11) is 1.56. The van der Waals surface area contributed by atoms with E-state index in [1.807, 2.05) is 24.3 Å². The first-order valence-electron chi connectivity index (χ1n) is 7.51. The van der Waals surface area contributed by atoms with Crippen LogP contribution in [-0.4, -0.2) is 28.4 Å². The second kappa shape index (κ2) is 7.43. The molecule has 1 heterocycles. The van der Waals surface area contributed by atoms with E-state index in [-0.39, 0.29) is 23.7 Å². The monoisotopic (exact) mass is 341 g/mol. The molecule has 0 radical (unpaired) electrons. The number of ether oxygens (including phenoxy) is 1. The predicted molar refractivity (Wildman–Crippen MR) is 90.2 cm³/mol. The van der Waals surface area contributed by atoms with E-state index in [0.717, 1.165) is 5.56 Å². The molecule has 0 aliphatic heterocycles. The van der Waals surface area contributed by atoms with Crippen molar-refractivity contribution in [2.45, 2.75) is 6.54 Å². The van der Waals surface area contributed by atoms with Crippen molar-refractivity contribution < 1.29 is 13.9 Å². The summed E-state index contributed by atoms with van der Waals surface area (Å²) in [4.78, 5) is 12.4. The van der Waals surface area contributed by atoms with Gasteiger partial charge in [-0.3, -0.25) is 4.79 Å². The SMILES string of the molecule is COc1ccccc1CNC(=O)c1n[nH]nc1Nc1ccccc1F. The first-order valence-corrected chi connectivity index (χ1v) is 7.51. The van der Waals surface area contributed by atoms with E-state index in [0.29, 0.717) is 5.75 Å². The Hall–Kier alpha value is -3.42. The maximum absolute atomic E-state index is 13.7. The number of para-hydroxylation sites is 2. The van der Waals surface area contributed by atoms with Gasteiger partial charge in [0.15, 0.2) is 11.5 Å². The van der Waals surface area contributed by atoms with Gasteiger partial charge in [0, 0.05) is 12.1 Å². The molecule has 0 aliphatic carbocycles. The first-order chi connectivity index (χ1) is 12.2. The van der Waals surface area contributed by atoms with E-state index >= 15 is 0 Å². The molecule has 128 valence electrons. The van der Waals surface area contributed by atoms with E-state index in [4.69, 9.17) is 4.74 Å². The van der Waals surface area contributed by atoms with Gasteiger partial charge in [-0.1, -0.05) is 30.3 Å². The quantitative estimate of drug-likeness (QED) is 0.641. The zero-order valence-electron chi connectivity index (χ0n) is 13.4. The topological polar surface area (TPSA) is 91.9 Å². The van der Waals surface area contributed by atoms with Gasteiger partial charge in [0.1, 0.15) is 11.6 Å². The molecule has 0 aliphatic rings. The summed E-state index contributed by atoms with van der Waals surface area (Å²) in [5, 5.41) is 15.6. The lowest BCUT2D eigenvalue weighted by Crippen LogP contribution is -2.24. The number of amides is 1. The number of nitrogens with zero attached hydrogens (tertiary/aromatic N) is 2. The van der Waals surface area contributed by atoms with Crippen molar-refractivity contribution in [3.8, 4) is 5.75 Å². The van der Waals surface area contributed by atoms with Crippen LogP contribution >= 0.6 is 0 Å². The molecule has 0 unspecified atom stereocenters. The van der Waals surface area contributed by atoms with Gasteiger partial charge < -0.3 is 15.4 Å². The Morgan fingerprint density at radius 3 is 2.72 bits per heavy atom. The fourth-order valence-electron chi connectivity index (χ4n) is 2.27. The largest absolute Gasteiger partial charge is 0.496 e. The zero-order chi connectivity index (χ0) is 17.6. The van der Waals surface area contributed by atoms with Gasteiger partial charge in [0.2, 0.25) is 0 Å². The Morgan fingerprint density at radius 2 is 1.92 bits per heavy atom. The van der Waals surface area contributed by atoms with Crippen molar-refractivity contribution >= 4 is 17.4 Å². The highest BCUT2D eigenvalue weighted by atomic mass is 19.1. The van der Waals surface area contributed by atoms with Crippen LogP contribution in [0.1, 0.15) is 16.1 Å². The van der Waals surface area contributed by atoms with Crippen LogP contribution in [0.2, 0.25) is 0 Å². The molecule has 3 rings (SSSR count). The van der Waals surface area contributed by atoms with Crippen LogP contribution in [-0.2, 0) is 6.54 Å². The number of aromatic amines is 1. The Bertz CT molecular complexity index is 881. The molecule has 0 saturated carbocycles. The highest BCUT2D eigenvalue weighted by Crippen LogP contribution is 2.20. The van der Waals surface area contributed by atoms with Crippen molar-refractivity contribution in [1.29, 1.82) is 0 Å². The van der Waals surface area contributed by atoms with E-state index in [9.17, 15) is 9.18 Å². The third-order valence-electron chi connectivity index (χ3n) is 3.52. The number of hydrogen-bond donors (Lipinski definition) is 3. The van der Waals surface area contributed by atoms with E-state index in [1.165, 1.54) is 6.07 Å². The molecule has 0 fully saturated rings. The molecule has 7 nitrogen and oxygen atoms in total.